The summed E-state index contributed by atoms with van der Waals surface area (Å²) >= 11 is 5.69. The standard InChI is InChI=1S/C13H8ClF3O/c14-9-6-7-11(13(15,16)17)12(8-9)18-10-4-2-1-3-5-10/h1-8H. The summed E-state index contributed by atoms with van der Waals surface area (Å²) < 4.78 is 43.5. The van der Waals surface area contributed by atoms with Gasteiger partial charge in [-0.05, 0) is 24.3 Å². The van der Waals surface area contributed by atoms with Crippen molar-refractivity contribution in [3.63, 3.8) is 0 Å². The van der Waals surface area contributed by atoms with Gasteiger partial charge in [-0.25, -0.2) is 0 Å². The zero-order valence-corrected chi connectivity index (χ0v) is 9.79. The highest BCUT2D eigenvalue weighted by Crippen LogP contribution is 2.39. The molecule has 2 rings (SSSR count). The van der Waals surface area contributed by atoms with Crippen LogP contribution in [0.25, 0.3) is 0 Å². The Kier molecular flexibility index (Phi) is 3.48. The Morgan fingerprint density at radius 2 is 1.61 bits per heavy atom. The first kappa shape index (κ1) is 12.8. The van der Waals surface area contributed by atoms with E-state index in [0.717, 1.165) is 12.1 Å². The number of alkyl halides is 3. The van der Waals surface area contributed by atoms with Crippen molar-refractivity contribution in [1.29, 1.82) is 0 Å². The van der Waals surface area contributed by atoms with E-state index in [0.29, 0.717) is 5.75 Å². The van der Waals surface area contributed by atoms with Crippen LogP contribution in [0.15, 0.2) is 48.5 Å². The van der Waals surface area contributed by atoms with Crippen LogP contribution < -0.4 is 4.74 Å². The SMILES string of the molecule is FC(F)(F)c1ccc(Cl)cc1Oc1ccccc1. The molecule has 94 valence electrons. The van der Waals surface area contributed by atoms with E-state index < -0.39 is 11.7 Å². The van der Waals surface area contributed by atoms with Gasteiger partial charge in [0.2, 0.25) is 0 Å². The second-order valence-corrected chi connectivity index (χ2v) is 3.99. The summed E-state index contributed by atoms with van der Waals surface area (Å²) in [5, 5.41) is 0.189. The van der Waals surface area contributed by atoms with Gasteiger partial charge in [0.1, 0.15) is 11.5 Å². The molecule has 5 heteroatoms. The van der Waals surface area contributed by atoms with E-state index in [9.17, 15) is 13.2 Å². The van der Waals surface area contributed by atoms with E-state index in [4.69, 9.17) is 16.3 Å². The summed E-state index contributed by atoms with van der Waals surface area (Å²) in [7, 11) is 0. The van der Waals surface area contributed by atoms with E-state index in [1.807, 2.05) is 0 Å². The number of hydrogen-bond acceptors (Lipinski definition) is 1. The number of rotatable bonds is 2. The third-order valence-electron chi connectivity index (χ3n) is 2.22. The molecule has 0 amide bonds. The fourth-order valence-corrected chi connectivity index (χ4v) is 1.59. The molecule has 0 radical (unpaired) electrons. The topological polar surface area (TPSA) is 9.23 Å². The lowest BCUT2D eigenvalue weighted by atomic mass is 10.2. The lowest BCUT2D eigenvalue weighted by molar-refractivity contribution is -0.138. The molecule has 0 aliphatic rings. The molecule has 1 nitrogen and oxygen atoms in total. The Hall–Kier alpha value is -1.68. The van der Waals surface area contributed by atoms with Crippen LogP contribution in [0.2, 0.25) is 5.02 Å². The van der Waals surface area contributed by atoms with E-state index in [1.54, 1.807) is 30.3 Å². The summed E-state index contributed by atoms with van der Waals surface area (Å²) in [6.45, 7) is 0. The third kappa shape index (κ3) is 2.96. The van der Waals surface area contributed by atoms with Crippen molar-refractivity contribution in [1.82, 2.24) is 0 Å². The van der Waals surface area contributed by atoms with Gasteiger partial charge in [-0.15, -0.1) is 0 Å². The Morgan fingerprint density at radius 3 is 2.22 bits per heavy atom. The summed E-state index contributed by atoms with van der Waals surface area (Å²) in [6, 6.07) is 11.5. The molecule has 0 aliphatic carbocycles. The van der Waals surface area contributed by atoms with E-state index >= 15 is 0 Å². The average molecular weight is 273 g/mol. The van der Waals surface area contributed by atoms with Gasteiger partial charge in [-0.1, -0.05) is 29.8 Å². The van der Waals surface area contributed by atoms with Gasteiger partial charge < -0.3 is 4.74 Å². The van der Waals surface area contributed by atoms with Gasteiger partial charge in [0.05, 0.1) is 5.56 Å². The lowest BCUT2D eigenvalue weighted by Crippen LogP contribution is -2.06. The zero-order chi connectivity index (χ0) is 13.2. The second-order valence-electron chi connectivity index (χ2n) is 3.55. The van der Waals surface area contributed by atoms with Gasteiger partial charge in [0.25, 0.3) is 0 Å². The Morgan fingerprint density at radius 1 is 0.944 bits per heavy atom. The van der Waals surface area contributed by atoms with Crippen molar-refractivity contribution in [2.75, 3.05) is 0 Å². The van der Waals surface area contributed by atoms with Crippen LogP contribution in [0.3, 0.4) is 0 Å². The summed E-state index contributed by atoms with van der Waals surface area (Å²) in [5.74, 6) is 0.0199. The minimum Gasteiger partial charge on any atom is -0.457 e. The quantitative estimate of drug-likeness (QED) is 0.734. The molecular weight excluding hydrogens is 265 g/mol. The van der Waals surface area contributed by atoms with Crippen LogP contribution in [0.1, 0.15) is 5.56 Å². The maximum absolute atomic E-state index is 12.8. The van der Waals surface area contributed by atoms with Crippen molar-refractivity contribution in [3.8, 4) is 11.5 Å². The monoisotopic (exact) mass is 272 g/mol. The van der Waals surface area contributed by atoms with Crippen molar-refractivity contribution in [2.24, 2.45) is 0 Å². The first-order chi connectivity index (χ1) is 8.47. The van der Waals surface area contributed by atoms with Crippen LogP contribution >= 0.6 is 11.6 Å². The first-order valence-electron chi connectivity index (χ1n) is 5.06. The third-order valence-corrected chi connectivity index (χ3v) is 2.46. The minimum atomic E-state index is -4.48. The van der Waals surface area contributed by atoms with Crippen LogP contribution in [0, 0.1) is 0 Å². The minimum absolute atomic E-state index is 0.189. The number of para-hydroxylation sites is 1. The van der Waals surface area contributed by atoms with Crippen molar-refractivity contribution in [2.45, 2.75) is 6.18 Å². The van der Waals surface area contributed by atoms with Gasteiger partial charge in [0.15, 0.2) is 0 Å². The van der Waals surface area contributed by atoms with Crippen molar-refractivity contribution in [3.05, 3.63) is 59.1 Å². The maximum Gasteiger partial charge on any atom is 0.419 e. The molecule has 0 aromatic heterocycles. The number of ether oxygens (including phenoxy) is 1. The van der Waals surface area contributed by atoms with Gasteiger partial charge in [-0.3, -0.25) is 0 Å². The van der Waals surface area contributed by atoms with E-state index in [2.05, 4.69) is 0 Å². The fourth-order valence-electron chi connectivity index (χ4n) is 1.43. The Bertz CT molecular complexity index is 538. The first-order valence-corrected chi connectivity index (χ1v) is 5.44. The van der Waals surface area contributed by atoms with E-state index in [-0.39, 0.29) is 10.8 Å². The predicted octanol–water partition coefficient (Wildman–Crippen LogP) is 5.15. The predicted molar refractivity (Wildman–Crippen MR) is 63.0 cm³/mol. The highest BCUT2D eigenvalue weighted by molar-refractivity contribution is 6.30. The van der Waals surface area contributed by atoms with Gasteiger partial charge in [0, 0.05) is 11.1 Å². The Balaban J connectivity index is 2.40. The molecule has 0 aliphatic heterocycles. The highest BCUT2D eigenvalue weighted by Gasteiger charge is 2.34. The van der Waals surface area contributed by atoms with E-state index in [1.165, 1.54) is 6.07 Å². The molecule has 0 heterocycles. The molecule has 0 unspecified atom stereocenters. The summed E-state index contributed by atoms with van der Waals surface area (Å²) in [6.07, 6.45) is -4.48. The van der Waals surface area contributed by atoms with Gasteiger partial charge in [-0.2, -0.15) is 13.2 Å². The molecule has 0 saturated carbocycles. The fraction of sp³-hybridized carbons (Fsp3) is 0.0769. The maximum atomic E-state index is 12.8. The highest BCUT2D eigenvalue weighted by atomic mass is 35.5. The molecule has 2 aromatic rings. The van der Waals surface area contributed by atoms with Crippen LogP contribution in [0.4, 0.5) is 13.2 Å². The second kappa shape index (κ2) is 4.90. The largest absolute Gasteiger partial charge is 0.457 e. The lowest BCUT2D eigenvalue weighted by Gasteiger charge is -2.13. The molecule has 0 fully saturated rings. The van der Waals surface area contributed by atoms with Crippen LogP contribution in [-0.2, 0) is 6.18 Å². The molecule has 0 N–H and O–H groups in total. The molecule has 2 aromatic carbocycles. The van der Waals surface area contributed by atoms with Crippen LogP contribution in [-0.4, -0.2) is 0 Å². The Labute approximate surface area is 107 Å². The van der Waals surface area contributed by atoms with Crippen molar-refractivity contribution < 1.29 is 17.9 Å². The number of halogens is 4. The molecule has 0 spiro atoms. The summed E-state index contributed by atoms with van der Waals surface area (Å²) in [4.78, 5) is 0. The molecule has 0 atom stereocenters. The average Bonchev–Trinajstić information content (AvgIpc) is 2.28. The molecular formula is C13H8ClF3O. The van der Waals surface area contributed by atoms with Gasteiger partial charge >= 0.3 is 6.18 Å². The smallest absolute Gasteiger partial charge is 0.419 e. The number of hydrogen-bond donors (Lipinski definition) is 0. The summed E-state index contributed by atoms with van der Waals surface area (Å²) in [5.41, 5.74) is -0.851. The number of benzene rings is 2. The molecule has 18 heavy (non-hydrogen) atoms. The normalized spacial score (nSPS) is 11.3. The molecule has 0 bridgehead atoms. The molecule has 0 saturated heterocycles. The zero-order valence-electron chi connectivity index (χ0n) is 9.04. The van der Waals surface area contributed by atoms with Crippen molar-refractivity contribution >= 4 is 11.6 Å². The van der Waals surface area contributed by atoms with Crippen LogP contribution in [0.5, 0.6) is 11.5 Å².